The molecule has 2 nitrogen and oxygen atoms in total. The van der Waals surface area contributed by atoms with E-state index in [2.05, 4.69) is 67.1 Å². The maximum atomic E-state index is 5.78. The highest BCUT2D eigenvalue weighted by Crippen LogP contribution is 2.26. The molecular weight excluding hydrogens is 302 g/mol. The SMILES string of the molecule is CC(C)CCOc1ccc(CNCC(C)C)cc1Br. The Labute approximate surface area is 126 Å². The van der Waals surface area contributed by atoms with E-state index < -0.39 is 0 Å². The summed E-state index contributed by atoms with van der Waals surface area (Å²) in [7, 11) is 0. The summed E-state index contributed by atoms with van der Waals surface area (Å²) < 4.78 is 6.82. The van der Waals surface area contributed by atoms with Crippen LogP contribution < -0.4 is 10.1 Å². The van der Waals surface area contributed by atoms with Crippen LogP contribution in [0.15, 0.2) is 22.7 Å². The molecule has 0 aliphatic carbocycles. The third-order valence-electron chi connectivity index (χ3n) is 2.83. The van der Waals surface area contributed by atoms with Crippen LogP contribution in [0.5, 0.6) is 5.75 Å². The number of benzene rings is 1. The van der Waals surface area contributed by atoms with Gasteiger partial charge in [-0.2, -0.15) is 0 Å². The first kappa shape index (κ1) is 16.5. The van der Waals surface area contributed by atoms with Gasteiger partial charge in [0, 0.05) is 6.54 Å². The first-order valence-electron chi connectivity index (χ1n) is 7.11. The molecule has 0 fully saturated rings. The van der Waals surface area contributed by atoms with Crippen LogP contribution in [0.4, 0.5) is 0 Å². The fraction of sp³-hybridized carbons (Fsp3) is 0.625. The second-order valence-electron chi connectivity index (χ2n) is 5.82. The van der Waals surface area contributed by atoms with E-state index in [1.54, 1.807) is 0 Å². The van der Waals surface area contributed by atoms with E-state index >= 15 is 0 Å². The van der Waals surface area contributed by atoms with Crippen molar-refractivity contribution in [3.63, 3.8) is 0 Å². The highest BCUT2D eigenvalue weighted by Gasteiger charge is 2.04. The van der Waals surface area contributed by atoms with E-state index in [1.165, 1.54) is 5.56 Å². The minimum Gasteiger partial charge on any atom is -0.492 e. The van der Waals surface area contributed by atoms with Crippen LogP contribution in [0.25, 0.3) is 0 Å². The molecule has 3 heteroatoms. The first-order valence-corrected chi connectivity index (χ1v) is 7.90. The Morgan fingerprint density at radius 2 is 1.89 bits per heavy atom. The van der Waals surface area contributed by atoms with Gasteiger partial charge in [0.25, 0.3) is 0 Å². The average molecular weight is 328 g/mol. The Balaban J connectivity index is 2.45. The van der Waals surface area contributed by atoms with Gasteiger partial charge in [0.15, 0.2) is 0 Å². The van der Waals surface area contributed by atoms with Crippen molar-refractivity contribution in [3.8, 4) is 5.75 Å². The molecule has 1 aromatic carbocycles. The minimum absolute atomic E-state index is 0.679. The Morgan fingerprint density at radius 1 is 1.16 bits per heavy atom. The summed E-state index contributed by atoms with van der Waals surface area (Å²) >= 11 is 3.58. The molecule has 0 spiro atoms. The van der Waals surface area contributed by atoms with Crippen LogP contribution in [-0.2, 0) is 6.54 Å². The Kier molecular flexibility index (Phi) is 7.47. The molecule has 108 valence electrons. The average Bonchev–Trinajstić information content (AvgIpc) is 2.31. The van der Waals surface area contributed by atoms with Crippen LogP contribution in [0.3, 0.4) is 0 Å². The molecule has 0 amide bonds. The quantitative estimate of drug-likeness (QED) is 0.752. The van der Waals surface area contributed by atoms with Crippen LogP contribution in [0.2, 0.25) is 0 Å². The second-order valence-corrected chi connectivity index (χ2v) is 6.67. The number of hydrogen-bond acceptors (Lipinski definition) is 2. The smallest absolute Gasteiger partial charge is 0.133 e. The van der Waals surface area contributed by atoms with Crippen molar-refractivity contribution in [1.82, 2.24) is 5.32 Å². The summed E-state index contributed by atoms with van der Waals surface area (Å²) in [4.78, 5) is 0. The molecule has 1 aromatic rings. The third kappa shape index (κ3) is 6.98. The maximum Gasteiger partial charge on any atom is 0.133 e. The van der Waals surface area contributed by atoms with Gasteiger partial charge in [-0.05, 0) is 58.4 Å². The molecule has 1 N–H and O–H groups in total. The molecule has 0 saturated heterocycles. The number of nitrogens with one attached hydrogen (secondary N) is 1. The fourth-order valence-corrected chi connectivity index (χ4v) is 2.22. The summed E-state index contributed by atoms with van der Waals surface area (Å²) in [6, 6.07) is 6.32. The van der Waals surface area contributed by atoms with Gasteiger partial charge in [0.1, 0.15) is 5.75 Å². The second kappa shape index (κ2) is 8.60. The molecule has 19 heavy (non-hydrogen) atoms. The van der Waals surface area contributed by atoms with E-state index in [-0.39, 0.29) is 0 Å². The number of rotatable bonds is 8. The summed E-state index contributed by atoms with van der Waals surface area (Å²) in [6.07, 6.45) is 1.09. The monoisotopic (exact) mass is 327 g/mol. The van der Waals surface area contributed by atoms with Crippen molar-refractivity contribution < 1.29 is 4.74 Å². The predicted octanol–water partition coefficient (Wildman–Crippen LogP) is 4.62. The lowest BCUT2D eigenvalue weighted by Gasteiger charge is -2.12. The molecule has 1 rings (SSSR count). The van der Waals surface area contributed by atoms with Gasteiger partial charge < -0.3 is 10.1 Å². The van der Waals surface area contributed by atoms with E-state index in [9.17, 15) is 0 Å². The van der Waals surface area contributed by atoms with Crippen LogP contribution in [0.1, 0.15) is 39.7 Å². The van der Waals surface area contributed by atoms with E-state index in [0.29, 0.717) is 11.8 Å². The van der Waals surface area contributed by atoms with Crippen molar-refractivity contribution in [1.29, 1.82) is 0 Å². The molecule has 0 heterocycles. The van der Waals surface area contributed by atoms with E-state index in [1.807, 2.05) is 0 Å². The van der Waals surface area contributed by atoms with Crippen LogP contribution in [-0.4, -0.2) is 13.2 Å². The zero-order chi connectivity index (χ0) is 14.3. The maximum absolute atomic E-state index is 5.78. The molecule has 0 atom stereocenters. The van der Waals surface area contributed by atoms with Crippen molar-refractivity contribution in [2.45, 2.75) is 40.7 Å². The summed E-state index contributed by atoms with van der Waals surface area (Å²) in [5.74, 6) is 2.30. The summed E-state index contributed by atoms with van der Waals surface area (Å²) in [5, 5.41) is 3.44. The topological polar surface area (TPSA) is 21.3 Å². The molecule has 0 aliphatic rings. The van der Waals surface area contributed by atoms with Gasteiger partial charge in [0.2, 0.25) is 0 Å². The molecule has 0 aromatic heterocycles. The van der Waals surface area contributed by atoms with Gasteiger partial charge in [-0.3, -0.25) is 0 Å². The normalized spacial score (nSPS) is 11.3. The molecule has 0 saturated carbocycles. The lowest BCUT2D eigenvalue weighted by Crippen LogP contribution is -2.18. The minimum atomic E-state index is 0.679. The predicted molar refractivity (Wildman–Crippen MR) is 85.6 cm³/mol. The Hall–Kier alpha value is -0.540. The number of halogens is 1. The van der Waals surface area contributed by atoms with Crippen molar-refractivity contribution in [2.75, 3.05) is 13.2 Å². The lowest BCUT2D eigenvalue weighted by atomic mass is 10.1. The largest absolute Gasteiger partial charge is 0.492 e. The van der Waals surface area contributed by atoms with Gasteiger partial charge >= 0.3 is 0 Å². The zero-order valence-electron chi connectivity index (χ0n) is 12.5. The summed E-state index contributed by atoms with van der Waals surface area (Å²) in [6.45, 7) is 11.6. The fourth-order valence-electron chi connectivity index (χ4n) is 1.68. The highest BCUT2D eigenvalue weighted by molar-refractivity contribution is 9.10. The first-order chi connectivity index (χ1) is 8.99. The molecule has 0 bridgehead atoms. The molecule has 0 unspecified atom stereocenters. The van der Waals surface area contributed by atoms with Gasteiger partial charge in [-0.1, -0.05) is 33.8 Å². The standard InChI is InChI=1S/C16H26BrNO/c1-12(2)7-8-19-16-6-5-14(9-15(16)17)11-18-10-13(3)4/h5-6,9,12-13,18H,7-8,10-11H2,1-4H3. The molecule has 0 radical (unpaired) electrons. The van der Waals surface area contributed by atoms with Crippen molar-refractivity contribution in [3.05, 3.63) is 28.2 Å². The zero-order valence-corrected chi connectivity index (χ0v) is 14.1. The van der Waals surface area contributed by atoms with Crippen LogP contribution >= 0.6 is 15.9 Å². The molecule has 0 aliphatic heterocycles. The Bertz CT molecular complexity index is 377. The van der Waals surface area contributed by atoms with Crippen LogP contribution in [0, 0.1) is 11.8 Å². The van der Waals surface area contributed by atoms with Gasteiger partial charge in [0.05, 0.1) is 11.1 Å². The number of ether oxygens (including phenoxy) is 1. The number of hydrogen-bond donors (Lipinski definition) is 1. The van der Waals surface area contributed by atoms with E-state index in [0.717, 1.165) is 36.3 Å². The van der Waals surface area contributed by atoms with Gasteiger partial charge in [-0.15, -0.1) is 0 Å². The molecular formula is C16H26BrNO. The van der Waals surface area contributed by atoms with Crippen molar-refractivity contribution >= 4 is 15.9 Å². The third-order valence-corrected chi connectivity index (χ3v) is 3.45. The highest BCUT2D eigenvalue weighted by atomic mass is 79.9. The van der Waals surface area contributed by atoms with E-state index in [4.69, 9.17) is 4.74 Å². The van der Waals surface area contributed by atoms with Crippen molar-refractivity contribution in [2.24, 2.45) is 11.8 Å². The summed E-state index contributed by atoms with van der Waals surface area (Å²) in [5.41, 5.74) is 1.28. The Morgan fingerprint density at radius 3 is 2.47 bits per heavy atom. The lowest BCUT2D eigenvalue weighted by molar-refractivity contribution is 0.288. The van der Waals surface area contributed by atoms with Gasteiger partial charge in [-0.25, -0.2) is 0 Å².